The highest BCUT2D eigenvalue weighted by Gasteiger charge is 2.48. The summed E-state index contributed by atoms with van der Waals surface area (Å²) in [5, 5.41) is 4.00. The van der Waals surface area contributed by atoms with E-state index in [0.29, 0.717) is 23.5 Å². The van der Waals surface area contributed by atoms with Crippen molar-refractivity contribution in [2.24, 2.45) is 0 Å². The number of carbonyl (C=O) groups is 1. The van der Waals surface area contributed by atoms with Gasteiger partial charge in [0.05, 0.1) is 23.2 Å². The minimum absolute atomic E-state index is 0.0668. The van der Waals surface area contributed by atoms with Gasteiger partial charge in [0.2, 0.25) is 0 Å². The van der Waals surface area contributed by atoms with Crippen LogP contribution in [0, 0.1) is 0 Å². The predicted molar refractivity (Wildman–Crippen MR) is 88.4 cm³/mol. The van der Waals surface area contributed by atoms with Crippen LogP contribution in [0.1, 0.15) is 35.6 Å². The minimum Gasteiger partial charge on any atom is -0.331 e. The van der Waals surface area contributed by atoms with E-state index in [1.807, 2.05) is 6.92 Å². The summed E-state index contributed by atoms with van der Waals surface area (Å²) in [6.45, 7) is 6.20. The van der Waals surface area contributed by atoms with E-state index in [4.69, 9.17) is 0 Å². The first-order valence-electron chi connectivity index (χ1n) is 8.03. The Balaban J connectivity index is 1.87. The van der Waals surface area contributed by atoms with Crippen LogP contribution in [0.2, 0.25) is 0 Å². The van der Waals surface area contributed by atoms with E-state index >= 15 is 0 Å². The molecule has 23 heavy (non-hydrogen) atoms. The molecule has 2 atom stereocenters. The third kappa shape index (κ3) is 3.14. The van der Waals surface area contributed by atoms with Crippen LogP contribution in [-0.4, -0.2) is 76.9 Å². The number of amides is 1. The molecule has 2 saturated heterocycles. The Morgan fingerprint density at radius 3 is 2.70 bits per heavy atom. The fourth-order valence-electron chi connectivity index (χ4n) is 3.57. The number of fused-ring (bicyclic) bond motifs is 1. The summed E-state index contributed by atoms with van der Waals surface area (Å²) >= 11 is 1.11. The summed E-state index contributed by atoms with van der Waals surface area (Å²) < 4.78 is 28.2. The van der Waals surface area contributed by atoms with Gasteiger partial charge in [-0.3, -0.25) is 9.69 Å². The third-order valence-electron chi connectivity index (χ3n) is 4.65. The predicted octanol–water partition coefficient (Wildman–Crippen LogP) is 0.434. The van der Waals surface area contributed by atoms with Crippen LogP contribution in [-0.2, 0) is 16.3 Å². The number of hydrogen-bond donors (Lipinski definition) is 0. The lowest BCUT2D eigenvalue weighted by Crippen LogP contribution is -2.60. The number of sulfone groups is 1. The molecule has 2 aliphatic heterocycles. The SMILES string of the molecule is CCCN1CCN(C(=O)c2snnc2CC)[C@H]2CS(=O)(=O)C[C@H]21. The molecule has 7 nitrogen and oxygen atoms in total. The van der Waals surface area contributed by atoms with Gasteiger partial charge >= 0.3 is 0 Å². The highest BCUT2D eigenvalue weighted by atomic mass is 32.2. The second-order valence-electron chi connectivity index (χ2n) is 6.15. The average Bonchev–Trinajstić information content (AvgIpc) is 3.10. The van der Waals surface area contributed by atoms with Crippen LogP contribution in [0.15, 0.2) is 0 Å². The van der Waals surface area contributed by atoms with E-state index in [9.17, 15) is 13.2 Å². The van der Waals surface area contributed by atoms with E-state index in [2.05, 4.69) is 21.4 Å². The normalized spacial score (nSPS) is 27.1. The number of carbonyl (C=O) groups excluding carboxylic acids is 1. The monoisotopic (exact) mass is 358 g/mol. The zero-order valence-electron chi connectivity index (χ0n) is 13.4. The molecule has 128 valence electrons. The first-order chi connectivity index (χ1) is 11.0. The smallest absolute Gasteiger partial charge is 0.267 e. The Bertz CT molecular complexity index is 688. The van der Waals surface area contributed by atoms with Crippen LogP contribution >= 0.6 is 11.5 Å². The Labute approximate surface area is 140 Å². The molecule has 1 amide bonds. The number of nitrogens with zero attached hydrogens (tertiary/aromatic N) is 4. The standard InChI is InChI=1S/C14H22N4O3S2/c1-3-5-17-6-7-18(12-9-23(20,21)8-11(12)17)14(19)13-10(4-2)15-16-22-13/h11-12H,3-9H2,1-2H3/t11-,12+/m1/s1. The highest BCUT2D eigenvalue weighted by Crippen LogP contribution is 2.29. The molecule has 0 aromatic carbocycles. The third-order valence-corrected chi connectivity index (χ3v) is 7.10. The molecule has 3 heterocycles. The lowest BCUT2D eigenvalue weighted by atomic mass is 10.0. The van der Waals surface area contributed by atoms with Crippen molar-refractivity contribution in [3.8, 4) is 0 Å². The Hall–Kier alpha value is -1.06. The molecular weight excluding hydrogens is 336 g/mol. The molecule has 3 rings (SSSR count). The molecule has 1 aromatic heterocycles. The molecule has 0 spiro atoms. The van der Waals surface area contributed by atoms with Crippen molar-refractivity contribution < 1.29 is 13.2 Å². The first kappa shape index (κ1) is 16.8. The van der Waals surface area contributed by atoms with Gasteiger partial charge in [0.1, 0.15) is 4.88 Å². The summed E-state index contributed by atoms with van der Waals surface area (Å²) in [7, 11) is -3.09. The highest BCUT2D eigenvalue weighted by molar-refractivity contribution is 7.91. The van der Waals surface area contributed by atoms with E-state index < -0.39 is 9.84 Å². The van der Waals surface area contributed by atoms with Gasteiger partial charge < -0.3 is 4.90 Å². The van der Waals surface area contributed by atoms with Crippen molar-refractivity contribution in [2.75, 3.05) is 31.1 Å². The minimum atomic E-state index is -3.09. The van der Waals surface area contributed by atoms with Crippen molar-refractivity contribution >= 4 is 27.3 Å². The van der Waals surface area contributed by atoms with Crippen molar-refractivity contribution in [3.63, 3.8) is 0 Å². The maximum Gasteiger partial charge on any atom is 0.267 e. The van der Waals surface area contributed by atoms with Crippen LogP contribution in [0.5, 0.6) is 0 Å². The van der Waals surface area contributed by atoms with Gasteiger partial charge in [0.25, 0.3) is 5.91 Å². The van der Waals surface area contributed by atoms with Crippen LogP contribution < -0.4 is 0 Å². The molecule has 0 unspecified atom stereocenters. The van der Waals surface area contributed by atoms with E-state index in [-0.39, 0.29) is 29.5 Å². The number of hydrogen-bond acceptors (Lipinski definition) is 7. The Morgan fingerprint density at radius 2 is 2.00 bits per heavy atom. The van der Waals surface area contributed by atoms with Gasteiger partial charge in [-0.25, -0.2) is 8.42 Å². The first-order valence-corrected chi connectivity index (χ1v) is 10.6. The maximum absolute atomic E-state index is 12.9. The average molecular weight is 358 g/mol. The van der Waals surface area contributed by atoms with Gasteiger partial charge in [0.15, 0.2) is 9.84 Å². The zero-order chi connectivity index (χ0) is 16.6. The van der Waals surface area contributed by atoms with Crippen molar-refractivity contribution in [3.05, 3.63) is 10.6 Å². The molecular formula is C14H22N4O3S2. The molecule has 2 aliphatic rings. The van der Waals surface area contributed by atoms with Crippen molar-refractivity contribution in [1.82, 2.24) is 19.4 Å². The summed E-state index contributed by atoms with van der Waals surface area (Å²) in [4.78, 5) is 17.4. The Morgan fingerprint density at radius 1 is 1.26 bits per heavy atom. The van der Waals surface area contributed by atoms with Gasteiger partial charge in [-0.1, -0.05) is 18.3 Å². The van der Waals surface area contributed by atoms with E-state index in [1.165, 1.54) is 0 Å². The summed E-state index contributed by atoms with van der Waals surface area (Å²) in [5.41, 5.74) is 0.702. The lowest BCUT2D eigenvalue weighted by Gasteiger charge is -2.43. The van der Waals surface area contributed by atoms with Gasteiger partial charge in [0, 0.05) is 19.1 Å². The molecule has 0 N–H and O–H groups in total. The van der Waals surface area contributed by atoms with Crippen molar-refractivity contribution in [2.45, 2.75) is 38.8 Å². The fourth-order valence-corrected chi connectivity index (χ4v) is 6.29. The second-order valence-corrected chi connectivity index (χ2v) is 9.06. The van der Waals surface area contributed by atoms with Gasteiger partial charge in [-0.05, 0) is 30.9 Å². The molecule has 0 bridgehead atoms. The maximum atomic E-state index is 12.9. The number of aryl methyl sites for hydroxylation is 1. The largest absolute Gasteiger partial charge is 0.331 e. The summed E-state index contributed by atoms with van der Waals surface area (Å²) in [5.74, 6) is 0.112. The van der Waals surface area contributed by atoms with Crippen molar-refractivity contribution in [1.29, 1.82) is 0 Å². The topological polar surface area (TPSA) is 83.5 Å². The van der Waals surface area contributed by atoms with E-state index in [0.717, 1.165) is 31.0 Å². The van der Waals surface area contributed by atoms with Gasteiger partial charge in [-0.2, -0.15) is 0 Å². The molecule has 1 aromatic rings. The molecule has 9 heteroatoms. The van der Waals surface area contributed by atoms with E-state index in [1.54, 1.807) is 4.90 Å². The summed E-state index contributed by atoms with van der Waals surface area (Å²) in [6.07, 6.45) is 1.63. The van der Waals surface area contributed by atoms with Crippen LogP contribution in [0.3, 0.4) is 0 Å². The number of aromatic nitrogens is 2. The fraction of sp³-hybridized carbons (Fsp3) is 0.786. The van der Waals surface area contributed by atoms with Crippen LogP contribution in [0.4, 0.5) is 0 Å². The zero-order valence-corrected chi connectivity index (χ0v) is 15.1. The van der Waals surface area contributed by atoms with Gasteiger partial charge in [-0.15, -0.1) is 5.10 Å². The molecule has 0 aliphatic carbocycles. The Kier molecular flexibility index (Phi) is 4.70. The second kappa shape index (κ2) is 6.45. The molecule has 0 radical (unpaired) electrons. The number of rotatable bonds is 4. The molecule has 2 fully saturated rings. The molecule has 0 saturated carbocycles. The quantitative estimate of drug-likeness (QED) is 0.776. The van der Waals surface area contributed by atoms with Crippen LogP contribution in [0.25, 0.3) is 0 Å². The number of piperazine rings is 1. The summed E-state index contributed by atoms with van der Waals surface area (Å²) in [6, 6.07) is -0.330. The lowest BCUT2D eigenvalue weighted by molar-refractivity contribution is 0.0336.